The van der Waals surface area contributed by atoms with E-state index >= 15 is 0 Å². The van der Waals surface area contributed by atoms with E-state index in [4.69, 9.17) is 4.78 Å². The summed E-state index contributed by atoms with van der Waals surface area (Å²) in [5.41, 5.74) is 3.89. The van der Waals surface area contributed by atoms with Gasteiger partial charge in [0.2, 0.25) is 0 Å². The lowest BCUT2D eigenvalue weighted by Crippen LogP contribution is -2.22. The van der Waals surface area contributed by atoms with Crippen LogP contribution in [0, 0.1) is 4.78 Å². The molecule has 0 unspecified atom stereocenters. The van der Waals surface area contributed by atoms with Gasteiger partial charge in [-0.2, -0.15) is 0 Å². The van der Waals surface area contributed by atoms with Gasteiger partial charge in [0.25, 0.3) is 0 Å². The molecule has 2 heterocycles. The number of hydrogen-bond acceptors (Lipinski definition) is 4. The highest BCUT2D eigenvalue weighted by Gasteiger charge is 2.24. The molecule has 0 bridgehead atoms. The van der Waals surface area contributed by atoms with Gasteiger partial charge < -0.3 is 15.0 Å². The van der Waals surface area contributed by atoms with Gasteiger partial charge >= 0.3 is 0 Å². The van der Waals surface area contributed by atoms with Crippen molar-refractivity contribution in [1.82, 2.24) is 4.98 Å². The number of aliphatic hydroxyl groups excluding tert-OH is 1. The molecule has 25 heavy (non-hydrogen) atoms. The molecular weight excluding hydrogens is 334 g/mol. The number of nitrogens with zero attached hydrogens (tertiary/aromatic N) is 1. The first-order chi connectivity index (χ1) is 11.9. The van der Waals surface area contributed by atoms with Gasteiger partial charge in [-0.25, -0.2) is 8.99 Å². The van der Waals surface area contributed by atoms with Gasteiger partial charge in [-0.1, -0.05) is 18.2 Å². The number of para-hydroxylation sites is 1. The SMILES string of the molecule is C[S@@](=N)(=O)c1ccc(N2CC[C@H](O)C2)c(-c2cc3ccccc3[nH]2)c1. The zero-order valence-electron chi connectivity index (χ0n) is 14.0. The van der Waals surface area contributed by atoms with Crippen LogP contribution in [0.5, 0.6) is 0 Å². The highest BCUT2D eigenvalue weighted by molar-refractivity contribution is 7.91. The standard InChI is InChI=1S/C19H21N3O2S/c1-25(20,24)15-6-7-19(22-9-8-14(23)12-22)16(11-15)18-10-13-4-2-3-5-17(13)21-18/h2-7,10-11,14,20-21,23H,8-9,12H2,1H3/t14-,25+/m0/s1. The third-order valence-corrected chi connectivity index (χ3v) is 5.90. The predicted octanol–water partition coefficient (Wildman–Crippen LogP) is 3.44. The van der Waals surface area contributed by atoms with Gasteiger partial charge in [0.05, 0.1) is 15.8 Å². The molecule has 0 radical (unpaired) electrons. The van der Waals surface area contributed by atoms with Crippen molar-refractivity contribution in [1.29, 1.82) is 4.78 Å². The van der Waals surface area contributed by atoms with Crippen molar-refractivity contribution in [3.05, 3.63) is 48.5 Å². The Labute approximate surface area is 147 Å². The molecule has 6 heteroatoms. The highest BCUT2D eigenvalue weighted by atomic mass is 32.2. The Hall–Kier alpha value is -2.31. The number of hydrogen-bond donors (Lipinski definition) is 3. The Morgan fingerprint density at radius 2 is 2.04 bits per heavy atom. The van der Waals surface area contributed by atoms with Gasteiger partial charge in [0.1, 0.15) is 0 Å². The molecule has 130 valence electrons. The van der Waals surface area contributed by atoms with E-state index in [1.54, 1.807) is 6.07 Å². The van der Waals surface area contributed by atoms with E-state index in [0.717, 1.165) is 40.8 Å². The van der Waals surface area contributed by atoms with Crippen molar-refractivity contribution >= 4 is 26.3 Å². The molecule has 1 aromatic heterocycles. The molecule has 4 rings (SSSR count). The fourth-order valence-corrected chi connectivity index (χ4v) is 4.10. The lowest BCUT2D eigenvalue weighted by atomic mass is 10.1. The largest absolute Gasteiger partial charge is 0.391 e. The van der Waals surface area contributed by atoms with E-state index in [9.17, 15) is 9.32 Å². The third-order valence-electron chi connectivity index (χ3n) is 4.74. The fourth-order valence-electron chi connectivity index (χ4n) is 3.43. The minimum Gasteiger partial charge on any atom is -0.391 e. The van der Waals surface area contributed by atoms with Crippen molar-refractivity contribution in [3.8, 4) is 11.3 Å². The quantitative estimate of drug-likeness (QED) is 0.673. The van der Waals surface area contributed by atoms with Gasteiger partial charge in [0.15, 0.2) is 0 Å². The first-order valence-corrected chi connectivity index (χ1v) is 10.3. The highest BCUT2D eigenvalue weighted by Crippen LogP contribution is 2.36. The summed E-state index contributed by atoms with van der Waals surface area (Å²) in [4.78, 5) is 6.09. The molecule has 5 nitrogen and oxygen atoms in total. The second-order valence-electron chi connectivity index (χ2n) is 6.68. The average molecular weight is 355 g/mol. The average Bonchev–Trinajstić information content (AvgIpc) is 3.19. The number of β-amino-alcohol motifs (C(OH)–C–C–N with tert-alkyl or cyclic N) is 1. The Balaban J connectivity index is 1.90. The fraction of sp³-hybridized carbons (Fsp3) is 0.263. The second-order valence-corrected chi connectivity index (χ2v) is 8.84. The Morgan fingerprint density at radius 3 is 2.72 bits per heavy atom. The number of aromatic nitrogens is 1. The monoisotopic (exact) mass is 355 g/mol. The lowest BCUT2D eigenvalue weighted by Gasteiger charge is -2.22. The van der Waals surface area contributed by atoms with Crippen molar-refractivity contribution in [2.24, 2.45) is 0 Å². The first-order valence-electron chi connectivity index (χ1n) is 8.31. The summed E-state index contributed by atoms with van der Waals surface area (Å²) in [5, 5.41) is 11.0. The van der Waals surface area contributed by atoms with Crippen LogP contribution in [-0.4, -0.2) is 39.7 Å². The Morgan fingerprint density at radius 1 is 1.24 bits per heavy atom. The maximum absolute atomic E-state index is 12.2. The van der Waals surface area contributed by atoms with Gasteiger partial charge in [-0.3, -0.25) is 0 Å². The molecule has 2 aromatic carbocycles. The molecule has 0 spiro atoms. The van der Waals surface area contributed by atoms with Crippen LogP contribution in [0.15, 0.2) is 53.4 Å². The lowest BCUT2D eigenvalue weighted by molar-refractivity contribution is 0.198. The molecule has 2 atom stereocenters. The summed E-state index contributed by atoms with van der Waals surface area (Å²) >= 11 is 0. The van der Waals surface area contributed by atoms with Crippen molar-refractivity contribution in [2.45, 2.75) is 17.4 Å². The molecule has 0 saturated carbocycles. The molecule has 1 saturated heterocycles. The van der Waals surface area contributed by atoms with Gasteiger partial charge in [0, 0.05) is 52.1 Å². The number of H-pyrrole nitrogens is 1. The van der Waals surface area contributed by atoms with E-state index in [2.05, 4.69) is 16.0 Å². The second kappa shape index (κ2) is 5.89. The van der Waals surface area contributed by atoms with E-state index in [-0.39, 0.29) is 6.10 Å². The van der Waals surface area contributed by atoms with Crippen LogP contribution in [0.4, 0.5) is 5.69 Å². The summed E-state index contributed by atoms with van der Waals surface area (Å²) in [6, 6.07) is 15.7. The Bertz CT molecular complexity index is 1010. The van der Waals surface area contributed by atoms with Crippen LogP contribution in [0.1, 0.15) is 6.42 Å². The number of fused-ring (bicyclic) bond motifs is 1. The summed E-state index contributed by atoms with van der Waals surface area (Å²) in [5.74, 6) is 0. The molecule has 3 N–H and O–H groups in total. The van der Waals surface area contributed by atoms with Crippen molar-refractivity contribution < 1.29 is 9.32 Å². The molecule has 0 amide bonds. The predicted molar refractivity (Wildman–Crippen MR) is 102 cm³/mol. The van der Waals surface area contributed by atoms with Gasteiger partial charge in [-0.05, 0) is 36.8 Å². The number of aromatic amines is 1. The number of rotatable bonds is 3. The van der Waals surface area contributed by atoms with Crippen LogP contribution in [0.3, 0.4) is 0 Å². The smallest absolute Gasteiger partial charge is 0.0731 e. The minimum absolute atomic E-state index is 0.318. The van der Waals surface area contributed by atoms with Crippen molar-refractivity contribution in [2.75, 3.05) is 24.2 Å². The number of aliphatic hydroxyl groups is 1. The first kappa shape index (κ1) is 16.2. The van der Waals surface area contributed by atoms with Crippen LogP contribution < -0.4 is 4.90 Å². The number of benzene rings is 2. The van der Waals surface area contributed by atoms with E-state index in [1.807, 2.05) is 36.4 Å². The molecule has 1 aliphatic heterocycles. The topological polar surface area (TPSA) is 80.2 Å². The zero-order chi connectivity index (χ0) is 17.6. The maximum atomic E-state index is 12.2. The van der Waals surface area contributed by atoms with E-state index in [1.165, 1.54) is 6.26 Å². The molecule has 0 aliphatic carbocycles. The van der Waals surface area contributed by atoms with Gasteiger partial charge in [-0.15, -0.1) is 0 Å². The number of nitrogens with one attached hydrogen (secondary N) is 2. The molecular formula is C19H21N3O2S. The van der Waals surface area contributed by atoms with Crippen LogP contribution in [-0.2, 0) is 9.73 Å². The summed E-state index contributed by atoms with van der Waals surface area (Å²) in [6.07, 6.45) is 1.87. The normalized spacial score (nSPS) is 20.1. The summed E-state index contributed by atoms with van der Waals surface area (Å²) < 4.78 is 20.1. The maximum Gasteiger partial charge on any atom is 0.0731 e. The minimum atomic E-state index is -2.80. The van der Waals surface area contributed by atoms with Crippen molar-refractivity contribution in [3.63, 3.8) is 0 Å². The van der Waals surface area contributed by atoms with Crippen LogP contribution in [0.2, 0.25) is 0 Å². The van der Waals surface area contributed by atoms with Crippen LogP contribution in [0.25, 0.3) is 22.2 Å². The molecule has 1 aliphatic rings. The molecule has 1 fully saturated rings. The third kappa shape index (κ3) is 3.03. The molecule has 3 aromatic rings. The zero-order valence-corrected chi connectivity index (χ0v) is 14.8. The summed E-state index contributed by atoms with van der Waals surface area (Å²) in [7, 11) is -2.80. The number of anilines is 1. The van der Waals surface area contributed by atoms with E-state index < -0.39 is 9.73 Å². The Kier molecular flexibility index (Phi) is 3.81. The van der Waals surface area contributed by atoms with E-state index in [0.29, 0.717) is 11.4 Å². The van der Waals surface area contributed by atoms with Crippen LogP contribution >= 0.6 is 0 Å². The summed E-state index contributed by atoms with van der Waals surface area (Å²) in [6.45, 7) is 1.38.